The molecule has 1 aromatic heterocycles. The molecular weight excluding hydrogens is 352 g/mol. The van der Waals surface area contributed by atoms with Crippen molar-refractivity contribution < 1.29 is 9.53 Å². The van der Waals surface area contributed by atoms with Crippen molar-refractivity contribution in [2.45, 2.75) is 25.5 Å². The van der Waals surface area contributed by atoms with E-state index in [1.165, 1.54) is 5.56 Å². The second-order valence-corrected chi connectivity index (χ2v) is 7.50. The molecule has 1 unspecified atom stereocenters. The van der Waals surface area contributed by atoms with Crippen molar-refractivity contribution in [1.82, 2.24) is 15.2 Å². The number of nitrogens with zero attached hydrogens (tertiary/aromatic N) is 3. The Balaban J connectivity index is 1.30. The maximum absolute atomic E-state index is 12.5. The van der Waals surface area contributed by atoms with E-state index in [4.69, 9.17) is 4.74 Å². The predicted octanol–water partition coefficient (Wildman–Crippen LogP) is 2.31. The quantitative estimate of drug-likeness (QED) is 0.833. The van der Waals surface area contributed by atoms with E-state index in [1.54, 1.807) is 12.3 Å². The van der Waals surface area contributed by atoms with Crippen LogP contribution in [0.1, 0.15) is 28.8 Å². The SMILES string of the molecule is O=C(NCC1CCCO1)c1ccnc(N2CCN(Cc3ccccc3)CC2)c1. The third-order valence-electron chi connectivity index (χ3n) is 5.47. The summed E-state index contributed by atoms with van der Waals surface area (Å²) in [5.74, 6) is 0.825. The molecule has 2 aliphatic rings. The van der Waals surface area contributed by atoms with Gasteiger partial charge in [-0.2, -0.15) is 0 Å². The number of amides is 1. The predicted molar refractivity (Wildman–Crippen MR) is 109 cm³/mol. The number of nitrogens with one attached hydrogen (secondary N) is 1. The van der Waals surface area contributed by atoms with Crippen LogP contribution in [-0.4, -0.2) is 61.2 Å². The summed E-state index contributed by atoms with van der Waals surface area (Å²) in [6, 6.07) is 14.3. The standard InChI is InChI=1S/C22H28N4O2/c27-22(24-16-20-7-4-14-28-20)19-8-9-23-21(15-19)26-12-10-25(11-13-26)17-18-5-2-1-3-6-18/h1-3,5-6,8-9,15,20H,4,7,10-14,16-17H2,(H,24,27). The molecule has 0 radical (unpaired) electrons. The summed E-state index contributed by atoms with van der Waals surface area (Å²) in [4.78, 5) is 21.7. The lowest BCUT2D eigenvalue weighted by Crippen LogP contribution is -2.46. The molecule has 148 valence electrons. The molecule has 2 aliphatic heterocycles. The third kappa shape index (κ3) is 4.88. The van der Waals surface area contributed by atoms with Crippen molar-refractivity contribution in [2.75, 3.05) is 44.2 Å². The zero-order valence-electron chi connectivity index (χ0n) is 16.2. The van der Waals surface area contributed by atoms with E-state index in [-0.39, 0.29) is 12.0 Å². The molecule has 0 saturated carbocycles. The highest BCUT2D eigenvalue weighted by atomic mass is 16.5. The summed E-state index contributed by atoms with van der Waals surface area (Å²) in [6.07, 6.45) is 3.99. The van der Waals surface area contributed by atoms with Crippen molar-refractivity contribution in [3.63, 3.8) is 0 Å². The molecule has 4 rings (SSSR count). The van der Waals surface area contributed by atoms with Gasteiger partial charge in [0, 0.05) is 57.6 Å². The summed E-state index contributed by atoms with van der Waals surface area (Å²) in [6.45, 7) is 6.18. The number of piperazine rings is 1. The molecule has 0 spiro atoms. The zero-order chi connectivity index (χ0) is 19.2. The lowest BCUT2D eigenvalue weighted by molar-refractivity contribution is 0.0857. The van der Waals surface area contributed by atoms with Gasteiger partial charge in [0.05, 0.1) is 6.10 Å². The van der Waals surface area contributed by atoms with Crippen LogP contribution in [0.5, 0.6) is 0 Å². The number of ether oxygens (including phenoxy) is 1. The van der Waals surface area contributed by atoms with Crippen molar-refractivity contribution in [2.24, 2.45) is 0 Å². The highest BCUT2D eigenvalue weighted by Gasteiger charge is 2.20. The van der Waals surface area contributed by atoms with Crippen molar-refractivity contribution in [3.8, 4) is 0 Å². The number of carbonyl (C=O) groups excluding carboxylic acids is 1. The molecule has 2 aromatic rings. The van der Waals surface area contributed by atoms with Crippen molar-refractivity contribution >= 4 is 11.7 Å². The Kier molecular flexibility index (Phi) is 6.19. The number of rotatable bonds is 6. The Hall–Kier alpha value is -2.44. The van der Waals surface area contributed by atoms with Gasteiger partial charge < -0.3 is 15.0 Å². The molecule has 1 N–H and O–H groups in total. The molecular formula is C22H28N4O2. The molecule has 6 nitrogen and oxygen atoms in total. The van der Waals surface area contributed by atoms with Gasteiger partial charge in [-0.1, -0.05) is 30.3 Å². The van der Waals surface area contributed by atoms with Crippen LogP contribution in [-0.2, 0) is 11.3 Å². The fourth-order valence-electron chi connectivity index (χ4n) is 3.82. The van der Waals surface area contributed by atoms with Crippen LogP contribution >= 0.6 is 0 Å². The fourth-order valence-corrected chi connectivity index (χ4v) is 3.82. The van der Waals surface area contributed by atoms with Crippen LogP contribution in [0.3, 0.4) is 0 Å². The molecule has 28 heavy (non-hydrogen) atoms. The van der Waals surface area contributed by atoms with Crippen LogP contribution in [0.2, 0.25) is 0 Å². The second kappa shape index (κ2) is 9.17. The first-order valence-corrected chi connectivity index (χ1v) is 10.1. The zero-order valence-corrected chi connectivity index (χ0v) is 16.2. The van der Waals surface area contributed by atoms with Crippen LogP contribution in [0.4, 0.5) is 5.82 Å². The summed E-state index contributed by atoms with van der Waals surface area (Å²) in [5.41, 5.74) is 2.01. The van der Waals surface area contributed by atoms with Gasteiger partial charge in [0.1, 0.15) is 5.82 Å². The highest BCUT2D eigenvalue weighted by Crippen LogP contribution is 2.17. The van der Waals surface area contributed by atoms with Gasteiger partial charge in [-0.3, -0.25) is 9.69 Å². The Labute approximate surface area is 166 Å². The lowest BCUT2D eigenvalue weighted by Gasteiger charge is -2.35. The fraction of sp³-hybridized carbons (Fsp3) is 0.455. The van der Waals surface area contributed by atoms with Crippen LogP contribution in [0, 0.1) is 0 Å². The number of aromatic nitrogens is 1. The van der Waals surface area contributed by atoms with Crippen molar-refractivity contribution in [3.05, 3.63) is 59.8 Å². The van der Waals surface area contributed by atoms with Crippen LogP contribution in [0.15, 0.2) is 48.7 Å². The van der Waals surface area contributed by atoms with E-state index in [0.717, 1.165) is 58.0 Å². The van der Waals surface area contributed by atoms with E-state index >= 15 is 0 Å². The summed E-state index contributed by atoms with van der Waals surface area (Å²) in [7, 11) is 0. The van der Waals surface area contributed by atoms with E-state index < -0.39 is 0 Å². The number of carbonyl (C=O) groups is 1. The first-order chi connectivity index (χ1) is 13.8. The number of benzene rings is 1. The van der Waals surface area contributed by atoms with Gasteiger partial charge in [0.2, 0.25) is 0 Å². The van der Waals surface area contributed by atoms with Crippen LogP contribution < -0.4 is 10.2 Å². The van der Waals surface area contributed by atoms with Crippen LogP contribution in [0.25, 0.3) is 0 Å². The monoisotopic (exact) mass is 380 g/mol. The number of pyridine rings is 1. The molecule has 2 saturated heterocycles. The Morgan fingerprint density at radius 2 is 1.96 bits per heavy atom. The maximum Gasteiger partial charge on any atom is 0.251 e. The normalized spacial score (nSPS) is 20.3. The Bertz CT molecular complexity index is 769. The number of hydrogen-bond donors (Lipinski definition) is 1. The van der Waals surface area contributed by atoms with E-state index in [0.29, 0.717) is 12.1 Å². The van der Waals surface area contributed by atoms with Gasteiger partial charge in [-0.15, -0.1) is 0 Å². The summed E-state index contributed by atoms with van der Waals surface area (Å²) < 4.78 is 5.57. The van der Waals surface area contributed by atoms with Gasteiger partial charge in [-0.25, -0.2) is 4.98 Å². The van der Waals surface area contributed by atoms with E-state index in [2.05, 4.69) is 50.4 Å². The first kappa shape index (κ1) is 18.9. The molecule has 3 heterocycles. The van der Waals surface area contributed by atoms with E-state index in [9.17, 15) is 4.79 Å². The number of anilines is 1. The third-order valence-corrected chi connectivity index (χ3v) is 5.47. The number of hydrogen-bond acceptors (Lipinski definition) is 5. The Morgan fingerprint density at radius 3 is 2.71 bits per heavy atom. The van der Waals surface area contributed by atoms with Gasteiger partial charge in [-0.05, 0) is 30.5 Å². The molecule has 2 fully saturated rings. The smallest absolute Gasteiger partial charge is 0.251 e. The van der Waals surface area contributed by atoms with Crippen molar-refractivity contribution in [1.29, 1.82) is 0 Å². The molecule has 1 atom stereocenters. The van der Waals surface area contributed by atoms with Gasteiger partial charge in [0.15, 0.2) is 0 Å². The summed E-state index contributed by atoms with van der Waals surface area (Å²) in [5, 5.41) is 2.99. The molecule has 1 aromatic carbocycles. The molecule has 1 amide bonds. The average molecular weight is 380 g/mol. The second-order valence-electron chi connectivity index (χ2n) is 7.50. The average Bonchev–Trinajstić information content (AvgIpc) is 3.27. The Morgan fingerprint density at radius 1 is 1.14 bits per heavy atom. The van der Waals surface area contributed by atoms with Gasteiger partial charge >= 0.3 is 0 Å². The minimum Gasteiger partial charge on any atom is -0.376 e. The molecule has 0 aliphatic carbocycles. The maximum atomic E-state index is 12.5. The minimum absolute atomic E-state index is 0.0538. The first-order valence-electron chi connectivity index (χ1n) is 10.1. The molecule has 0 bridgehead atoms. The minimum atomic E-state index is -0.0538. The largest absolute Gasteiger partial charge is 0.376 e. The molecule has 6 heteroatoms. The highest BCUT2D eigenvalue weighted by molar-refractivity contribution is 5.94. The summed E-state index contributed by atoms with van der Waals surface area (Å²) >= 11 is 0. The van der Waals surface area contributed by atoms with E-state index in [1.807, 2.05) is 6.07 Å². The lowest BCUT2D eigenvalue weighted by atomic mass is 10.2. The van der Waals surface area contributed by atoms with Gasteiger partial charge in [0.25, 0.3) is 5.91 Å². The topological polar surface area (TPSA) is 57.7 Å².